The van der Waals surface area contributed by atoms with Crippen LogP contribution in [0.5, 0.6) is 5.75 Å². The first-order chi connectivity index (χ1) is 13.0. The summed E-state index contributed by atoms with van der Waals surface area (Å²) in [6, 6.07) is 14.4. The fraction of sp³-hybridized carbons (Fsp3) is 0.333. The zero-order valence-corrected chi connectivity index (χ0v) is 15.4. The van der Waals surface area contributed by atoms with Crippen LogP contribution in [-0.2, 0) is 9.59 Å². The molecule has 6 heteroatoms. The number of carbonyl (C=O) groups excluding carboxylic acids is 2. The van der Waals surface area contributed by atoms with Crippen molar-refractivity contribution in [3.05, 3.63) is 54.1 Å². The molecule has 0 aromatic heterocycles. The van der Waals surface area contributed by atoms with Crippen LogP contribution in [0, 0.1) is 6.92 Å². The Labute approximate surface area is 158 Å². The average molecular weight is 366 g/mol. The van der Waals surface area contributed by atoms with Crippen molar-refractivity contribution in [3.8, 4) is 5.75 Å². The Balaban J connectivity index is 1.44. The summed E-state index contributed by atoms with van der Waals surface area (Å²) in [7, 11) is 0. The van der Waals surface area contributed by atoms with Gasteiger partial charge < -0.3 is 14.9 Å². The van der Waals surface area contributed by atoms with Gasteiger partial charge >= 0.3 is 0 Å². The van der Waals surface area contributed by atoms with Gasteiger partial charge in [-0.25, -0.2) is 4.90 Å². The molecule has 2 fully saturated rings. The van der Waals surface area contributed by atoms with E-state index in [4.69, 9.17) is 0 Å². The molecule has 2 N–H and O–H groups in total. The highest BCUT2D eigenvalue weighted by Crippen LogP contribution is 2.23. The summed E-state index contributed by atoms with van der Waals surface area (Å²) in [6.45, 7) is 5.23. The SMILES string of the molecule is Cc1cccc(N2C(=O)C[C@@H]([NH+]3CCN(c4ccc(O)cc4)CC3)C2=O)c1. The van der Waals surface area contributed by atoms with E-state index in [1.54, 1.807) is 12.1 Å². The Morgan fingerprint density at radius 2 is 1.70 bits per heavy atom. The van der Waals surface area contributed by atoms with E-state index in [1.165, 1.54) is 9.80 Å². The van der Waals surface area contributed by atoms with Crippen molar-refractivity contribution in [1.29, 1.82) is 0 Å². The van der Waals surface area contributed by atoms with E-state index in [2.05, 4.69) is 4.90 Å². The van der Waals surface area contributed by atoms with Crippen LogP contribution in [-0.4, -0.2) is 49.1 Å². The summed E-state index contributed by atoms with van der Waals surface area (Å²) in [5.41, 5.74) is 2.78. The highest BCUT2D eigenvalue weighted by molar-refractivity contribution is 6.21. The molecule has 0 spiro atoms. The molecular weight excluding hydrogens is 342 g/mol. The highest BCUT2D eigenvalue weighted by atomic mass is 16.3. The molecule has 2 amide bonds. The lowest BCUT2D eigenvalue weighted by Gasteiger charge is -2.35. The smallest absolute Gasteiger partial charge is 0.292 e. The Bertz CT molecular complexity index is 857. The van der Waals surface area contributed by atoms with Gasteiger partial charge in [-0.1, -0.05) is 12.1 Å². The maximum Gasteiger partial charge on any atom is 0.292 e. The molecule has 0 aliphatic carbocycles. The van der Waals surface area contributed by atoms with Crippen LogP contribution >= 0.6 is 0 Å². The van der Waals surface area contributed by atoms with Crippen molar-refractivity contribution in [3.63, 3.8) is 0 Å². The third-order valence-corrected chi connectivity index (χ3v) is 5.52. The van der Waals surface area contributed by atoms with Crippen molar-refractivity contribution >= 4 is 23.2 Å². The van der Waals surface area contributed by atoms with E-state index in [0.29, 0.717) is 5.69 Å². The molecule has 0 saturated carbocycles. The van der Waals surface area contributed by atoms with Crippen molar-refractivity contribution in [1.82, 2.24) is 0 Å². The number of imide groups is 1. The molecule has 1 atom stereocenters. The highest BCUT2D eigenvalue weighted by Gasteiger charge is 2.46. The largest absolute Gasteiger partial charge is 0.508 e. The average Bonchev–Trinajstić information content (AvgIpc) is 2.97. The lowest BCUT2D eigenvalue weighted by atomic mass is 10.1. The number of benzene rings is 2. The van der Waals surface area contributed by atoms with Gasteiger partial charge in [-0.3, -0.25) is 9.59 Å². The van der Waals surface area contributed by atoms with Gasteiger partial charge in [0.2, 0.25) is 5.91 Å². The number of hydrogen-bond donors (Lipinski definition) is 2. The van der Waals surface area contributed by atoms with Gasteiger partial charge in [0.1, 0.15) is 5.75 Å². The summed E-state index contributed by atoms with van der Waals surface area (Å²) < 4.78 is 0. The minimum atomic E-state index is -0.292. The number of carbonyl (C=O) groups is 2. The van der Waals surface area contributed by atoms with E-state index in [0.717, 1.165) is 37.4 Å². The van der Waals surface area contributed by atoms with Crippen LogP contribution in [0.25, 0.3) is 0 Å². The predicted molar refractivity (Wildman–Crippen MR) is 103 cm³/mol. The van der Waals surface area contributed by atoms with Gasteiger partial charge in [0, 0.05) is 5.69 Å². The molecule has 27 heavy (non-hydrogen) atoms. The van der Waals surface area contributed by atoms with Crippen LogP contribution < -0.4 is 14.7 Å². The number of phenols is 1. The van der Waals surface area contributed by atoms with Gasteiger partial charge in [0.25, 0.3) is 5.91 Å². The fourth-order valence-electron chi connectivity index (χ4n) is 4.05. The Hall–Kier alpha value is -2.86. The number of aromatic hydroxyl groups is 1. The number of quaternary nitrogens is 1. The molecule has 6 nitrogen and oxygen atoms in total. The lowest BCUT2D eigenvalue weighted by Crippen LogP contribution is -3.19. The third-order valence-electron chi connectivity index (χ3n) is 5.52. The van der Waals surface area contributed by atoms with E-state index in [1.807, 2.05) is 43.3 Å². The molecular formula is C21H24N3O3+. The van der Waals surface area contributed by atoms with Crippen molar-refractivity contribution in [2.24, 2.45) is 0 Å². The number of nitrogens with zero attached hydrogens (tertiary/aromatic N) is 2. The van der Waals surface area contributed by atoms with E-state index in [-0.39, 0.29) is 30.0 Å². The number of amides is 2. The summed E-state index contributed by atoms with van der Waals surface area (Å²) in [5, 5.41) is 9.43. The van der Waals surface area contributed by atoms with Crippen LogP contribution in [0.4, 0.5) is 11.4 Å². The Kier molecular flexibility index (Phi) is 4.58. The van der Waals surface area contributed by atoms with Gasteiger partial charge in [0.05, 0.1) is 38.3 Å². The van der Waals surface area contributed by atoms with Crippen LogP contribution in [0.1, 0.15) is 12.0 Å². The molecule has 2 aliphatic heterocycles. The first-order valence-corrected chi connectivity index (χ1v) is 9.35. The number of rotatable bonds is 3. The second-order valence-electron chi connectivity index (χ2n) is 7.32. The summed E-state index contributed by atoms with van der Waals surface area (Å²) in [6.07, 6.45) is 0.279. The topological polar surface area (TPSA) is 65.3 Å². The first kappa shape index (κ1) is 17.5. The second-order valence-corrected chi connectivity index (χ2v) is 7.32. The molecule has 140 valence electrons. The van der Waals surface area contributed by atoms with Crippen LogP contribution in [0.2, 0.25) is 0 Å². The second kappa shape index (κ2) is 7.04. The summed E-state index contributed by atoms with van der Waals surface area (Å²) in [4.78, 5) is 30.3. The minimum absolute atomic E-state index is 0.0846. The van der Waals surface area contributed by atoms with E-state index < -0.39 is 0 Å². The molecule has 2 aliphatic rings. The van der Waals surface area contributed by atoms with Crippen LogP contribution in [0.15, 0.2) is 48.5 Å². The number of piperazine rings is 1. The number of phenolic OH excluding ortho intramolecular Hbond substituents is 1. The fourth-order valence-corrected chi connectivity index (χ4v) is 4.05. The zero-order chi connectivity index (χ0) is 19.0. The number of aryl methyl sites for hydroxylation is 1. The molecule has 2 aromatic carbocycles. The van der Waals surface area contributed by atoms with Gasteiger partial charge in [-0.05, 0) is 48.9 Å². The lowest BCUT2D eigenvalue weighted by molar-refractivity contribution is -0.915. The first-order valence-electron chi connectivity index (χ1n) is 9.35. The monoisotopic (exact) mass is 366 g/mol. The molecule has 0 radical (unpaired) electrons. The minimum Gasteiger partial charge on any atom is -0.508 e. The molecule has 0 bridgehead atoms. The molecule has 4 rings (SSSR count). The normalized spacial score (nSPS) is 21.1. The Morgan fingerprint density at radius 1 is 1.00 bits per heavy atom. The molecule has 2 saturated heterocycles. The number of nitrogens with one attached hydrogen (secondary N) is 1. The zero-order valence-electron chi connectivity index (χ0n) is 15.4. The standard InChI is InChI=1S/C21H23N3O3/c1-15-3-2-4-17(13-15)24-20(26)14-19(21(24)27)23-11-9-22(10-12-23)16-5-7-18(25)8-6-16/h2-8,13,19,25H,9-12,14H2,1H3/p+1/t19-/m1/s1. The summed E-state index contributed by atoms with van der Waals surface area (Å²) >= 11 is 0. The predicted octanol–water partition coefficient (Wildman–Crippen LogP) is 0.738. The number of anilines is 2. The van der Waals surface area contributed by atoms with Gasteiger partial charge in [-0.2, -0.15) is 0 Å². The quantitative estimate of drug-likeness (QED) is 0.787. The molecule has 2 heterocycles. The van der Waals surface area contributed by atoms with Gasteiger partial charge in [0.15, 0.2) is 6.04 Å². The Morgan fingerprint density at radius 3 is 2.37 bits per heavy atom. The van der Waals surface area contributed by atoms with Gasteiger partial charge in [-0.15, -0.1) is 0 Å². The van der Waals surface area contributed by atoms with Crippen molar-refractivity contribution in [2.45, 2.75) is 19.4 Å². The number of hydrogen-bond acceptors (Lipinski definition) is 4. The van der Waals surface area contributed by atoms with E-state index in [9.17, 15) is 14.7 Å². The molecule has 2 aromatic rings. The maximum absolute atomic E-state index is 13.0. The third kappa shape index (κ3) is 3.40. The maximum atomic E-state index is 13.0. The van der Waals surface area contributed by atoms with Crippen molar-refractivity contribution in [2.75, 3.05) is 36.0 Å². The van der Waals surface area contributed by atoms with Crippen molar-refractivity contribution < 1.29 is 19.6 Å². The summed E-state index contributed by atoms with van der Waals surface area (Å²) in [5.74, 6) is 0.0667. The molecule has 0 unspecified atom stereocenters. The van der Waals surface area contributed by atoms with Crippen LogP contribution in [0.3, 0.4) is 0 Å². The van der Waals surface area contributed by atoms with E-state index >= 15 is 0 Å².